The average molecular weight is 602 g/mol. The molecule has 0 aromatic carbocycles. The zero-order valence-corrected chi connectivity index (χ0v) is 24.4. The summed E-state index contributed by atoms with van der Waals surface area (Å²) < 4.78 is 29.3. The first kappa shape index (κ1) is 28.6. The molecule has 2 fully saturated rings. The molecular formula is C30H31N7O5S. The summed E-state index contributed by atoms with van der Waals surface area (Å²) in [6, 6.07) is 12.6. The fraction of sp³-hybridized carbons (Fsp3) is 0.333. The summed E-state index contributed by atoms with van der Waals surface area (Å²) in [4.78, 5) is 44.5. The molecule has 13 heteroatoms. The number of carbonyl (C=O) groups excluding carboxylic acids is 2. The van der Waals surface area contributed by atoms with Gasteiger partial charge in [0.2, 0.25) is 5.91 Å². The smallest absolute Gasteiger partial charge is 0.253 e. The molecule has 1 saturated carbocycles. The largest absolute Gasteiger partial charge is 0.367 e. The van der Waals surface area contributed by atoms with E-state index in [-0.39, 0.29) is 35.6 Å². The first-order valence-corrected chi connectivity index (χ1v) is 15.9. The molecule has 6 rings (SSSR count). The van der Waals surface area contributed by atoms with E-state index in [2.05, 4.69) is 20.6 Å². The Hall–Kier alpha value is -4.49. The van der Waals surface area contributed by atoms with E-state index in [0.717, 1.165) is 18.2 Å². The zero-order valence-electron chi connectivity index (χ0n) is 23.6. The average Bonchev–Trinajstić information content (AvgIpc) is 3.84. The Morgan fingerprint density at radius 3 is 2.72 bits per heavy atom. The van der Waals surface area contributed by atoms with Crippen molar-refractivity contribution in [2.24, 2.45) is 5.92 Å². The second kappa shape index (κ2) is 12.0. The molecule has 1 aliphatic carbocycles. The first-order chi connectivity index (χ1) is 20.7. The van der Waals surface area contributed by atoms with E-state index in [1.54, 1.807) is 12.3 Å². The van der Waals surface area contributed by atoms with Crippen LogP contribution in [0.4, 0.5) is 5.82 Å². The number of aromatic nitrogens is 4. The monoisotopic (exact) mass is 601 g/mol. The van der Waals surface area contributed by atoms with Crippen molar-refractivity contribution in [3.05, 3.63) is 72.3 Å². The molecule has 4 aromatic heterocycles. The van der Waals surface area contributed by atoms with Gasteiger partial charge in [-0.25, -0.2) is 18.4 Å². The van der Waals surface area contributed by atoms with E-state index < -0.39 is 15.7 Å². The Balaban J connectivity index is 1.10. The van der Waals surface area contributed by atoms with E-state index in [0.29, 0.717) is 47.4 Å². The van der Waals surface area contributed by atoms with Gasteiger partial charge in [0.15, 0.2) is 9.84 Å². The predicted octanol–water partition coefficient (Wildman–Crippen LogP) is 2.47. The molecule has 222 valence electrons. The molecule has 0 bridgehead atoms. The highest BCUT2D eigenvalue weighted by molar-refractivity contribution is 7.90. The number of hydrogen-bond donors (Lipinski definition) is 2. The lowest BCUT2D eigenvalue weighted by molar-refractivity contribution is -0.148. The molecule has 5 heterocycles. The van der Waals surface area contributed by atoms with Crippen molar-refractivity contribution in [2.75, 3.05) is 37.8 Å². The molecule has 1 aliphatic heterocycles. The van der Waals surface area contributed by atoms with Gasteiger partial charge in [0.1, 0.15) is 12.4 Å². The third-order valence-corrected chi connectivity index (χ3v) is 8.46. The maximum Gasteiger partial charge on any atom is 0.253 e. The number of ether oxygens (including phenoxy) is 1. The topological polar surface area (TPSA) is 156 Å². The van der Waals surface area contributed by atoms with Gasteiger partial charge in [0, 0.05) is 49.9 Å². The summed E-state index contributed by atoms with van der Waals surface area (Å²) in [5.74, 6) is 0.915. The highest BCUT2D eigenvalue weighted by Crippen LogP contribution is 2.30. The van der Waals surface area contributed by atoms with Crippen LogP contribution >= 0.6 is 0 Å². The van der Waals surface area contributed by atoms with Gasteiger partial charge in [-0.3, -0.25) is 19.6 Å². The number of hydrogen-bond acceptors (Lipinski definition) is 10. The lowest BCUT2D eigenvalue weighted by Gasteiger charge is -2.33. The first-order valence-electron chi connectivity index (χ1n) is 14.0. The molecule has 43 heavy (non-hydrogen) atoms. The van der Waals surface area contributed by atoms with Crippen LogP contribution in [0.1, 0.15) is 28.9 Å². The van der Waals surface area contributed by atoms with Crippen LogP contribution in [0.3, 0.4) is 0 Å². The molecule has 2 aliphatic rings. The van der Waals surface area contributed by atoms with Gasteiger partial charge in [-0.1, -0.05) is 6.07 Å². The van der Waals surface area contributed by atoms with E-state index in [1.807, 2.05) is 35.2 Å². The Labute approximate surface area is 248 Å². The maximum atomic E-state index is 12.6. The second-order valence-corrected chi connectivity index (χ2v) is 12.9. The lowest BCUT2D eigenvalue weighted by atomic mass is 10.2. The molecule has 2 N–H and O–H groups in total. The number of sulfone groups is 1. The molecule has 0 radical (unpaired) electrons. The second-order valence-electron chi connectivity index (χ2n) is 10.9. The van der Waals surface area contributed by atoms with Crippen LogP contribution in [0.5, 0.6) is 0 Å². The van der Waals surface area contributed by atoms with Crippen molar-refractivity contribution in [3.63, 3.8) is 0 Å². The summed E-state index contributed by atoms with van der Waals surface area (Å²) in [6.07, 6.45) is 7.56. The van der Waals surface area contributed by atoms with Crippen LogP contribution in [-0.4, -0.2) is 83.7 Å². The van der Waals surface area contributed by atoms with E-state index in [4.69, 9.17) is 14.7 Å². The fourth-order valence-corrected chi connectivity index (χ4v) is 5.40. The Bertz CT molecular complexity index is 1790. The summed E-state index contributed by atoms with van der Waals surface area (Å²) in [5, 5.41) is 6.92. The Morgan fingerprint density at radius 2 is 1.91 bits per heavy atom. The van der Waals surface area contributed by atoms with E-state index in [9.17, 15) is 18.0 Å². The SMILES string of the molecule is CS(=O)(=O)c1cncc(C(=O)NCc2cc3nc(-c4cccc(NC[C@@H]5CN(CC6CC6)C(=O)CO5)n4)ccc3cn2)c1. The summed E-state index contributed by atoms with van der Waals surface area (Å²) in [5.41, 5.74) is 2.78. The third-order valence-electron chi connectivity index (χ3n) is 7.38. The minimum absolute atomic E-state index is 0.0251. The highest BCUT2D eigenvalue weighted by Gasteiger charge is 2.31. The molecule has 12 nitrogen and oxygen atoms in total. The van der Waals surface area contributed by atoms with Gasteiger partial charge in [0.25, 0.3) is 5.91 Å². The molecule has 0 spiro atoms. The van der Waals surface area contributed by atoms with Crippen LogP contribution in [0, 0.1) is 5.92 Å². The molecule has 0 unspecified atom stereocenters. The van der Waals surface area contributed by atoms with Crippen molar-refractivity contribution in [1.82, 2.24) is 30.2 Å². The predicted molar refractivity (Wildman–Crippen MR) is 159 cm³/mol. The summed E-state index contributed by atoms with van der Waals surface area (Å²) in [6.45, 7) is 2.16. The van der Waals surface area contributed by atoms with Gasteiger partial charge in [-0.05, 0) is 55.2 Å². The lowest BCUT2D eigenvalue weighted by Crippen LogP contribution is -2.49. The van der Waals surface area contributed by atoms with Crippen molar-refractivity contribution in [3.8, 4) is 11.4 Å². The third kappa shape index (κ3) is 7.12. The summed E-state index contributed by atoms with van der Waals surface area (Å²) >= 11 is 0. The highest BCUT2D eigenvalue weighted by atomic mass is 32.2. The zero-order chi connectivity index (χ0) is 30.0. The summed E-state index contributed by atoms with van der Waals surface area (Å²) in [7, 11) is -3.49. The molecule has 4 aromatic rings. The molecule has 1 saturated heterocycles. The Morgan fingerprint density at radius 1 is 1.07 bits per heavy atom. The van der Waals surface area contributed by atoms with Crippen LogP contribution in [0.25, 0.3) is 22.3 Å². The van der Waals surface area contributed by atoms with Crippen LogP contribution in [-0.2, 0) is 25.9 Å². The number of fused-ring (bicyclic) bond motifs is 1. The van der Waals surface area contributed by atoms with Crippen molar-refractivity contribution in [1.29, 1.82) is 0 Å². The number of nitrogens with one attached hydrogen (secondary N) is 2. The minimum Gasteiger partial charge on any atom is -0.367 e. The van der Waals surface area contributed by atoms with Crippen LogP contribution < -0.4 is 10.6 Å². The normalized spacial score (nSPS) is 17.2. The van der Waals surface area contributed by atoms with Gasteiger partial charge in [0.05, 0.1) is 45.7 Å². The van der Waals surface area contributed by atoms with Crippen LogP contribution in [0.2, 0.25) is 0 Å². The van der Waals surface area contributed by atoms with Crippen molar-refractivity contribution in [2.45, 2.75) is 30.4 Å². The Kier molecular flexibility index (Phi) is 8.00. The van der Waals surface area contributed by atoms with Crippen LogP contribution in [0.15, 0.2) is 66.0 Å². The van der Waals surface area contributed by atoms with Gasteiger partial charge >= 0.3 is 0 Å². The van der Waals surface area contributed by atoms with Crippen molar-refractivity contribution < 1.29 is 22.7 Å². The molecular weight excluding hydrogens is 570 g/mol. The minimum atomic E-state index is -3.49. The number of pyridine rings is 4. The number of nitrogens with zero attached hydrogens (tertiary/aromatic N) is 5. The molecule has 1 atom stereocenters. The number of rotatable bonds is 10. The quantitative estimate of drug-likeness (QED) is 0.277. The number of carbonyl (C=O) groups is 2. The number of amides is 2. The van der Waals surface area contributed by atoms with E-state index in [1.165, 1.54) is 31.3 Å². The standard InChI is InChI=1S/C30H31N7O5S/c1-43(40,41)24-9-21(11-31-15-24)30(39)34-13-22-10-27-20(12-32-22)7-8-26(35-27)25-3-2-4-28(36-25)33-14-23-17-37(16-19-5-6-19)29(38)18-42-23/h2-4,7-12,15,19,23H,5-6,13-14,16-18H2,1H3,(H,33,36)(H,34,39)/t23-/m1/s1. The van der Waals surface area contributed by atoms with Gasteiger partial charge in [-0.15, -0.1) is 0 Å². The molecule has 2 amide bonds. The van der Waals surface area contributed by atoms with Crippen molar-refractivity contribution >= 4 is 38.4 Å². The van der Waals surface area contributed by atoms with E-state index >= 15 is 0 Å². The number of anilines is 1. The fourth-order valence-electron chi connectivity index (χ4n) is 4.80. The number of morpholine rings is 1. The van der Waals surface area contributed by atoms with Gasteiger partial charge < -0.3 is 20.3 Å². The van der Waals surface area contributed by atoms with Gasteiger partial charge in [-0.2, -0.15) is 0 Å². The maximum absolute atomic E-state index is 12.6.